The van der Waals surface area contributed by atoms with Crippen molar-refractivity contribution < 1.29 is 13.2 Å². The second kappa shape index (κ2) is 8.63. The lowest BCUT2D eigenvalue weighted by Crippen LogP contribution is -2.43. The third-order valence-corrected chi connectivity index (χ3v) is 6.51. The first-order chi connectivity index (χ1) is 12.5. The van der Waals surface area contributed by atoms with Crippen LogP contribution in [0.5, 0.6) is 0 Å². The highest BCUT2D eigenvalue weighted by Crippen LogP contribution is 2.23. The van der Waals surface area contributed by atoms with Gasteiger partial charge >= 0.3 is 0 Å². The van der Waals surface area contributed by atoms with E-state index in [1.165, 1.54) is 5.56 Å². The van der Waals surface area contributed by atoms with Crippen LogP contribution in [0.15, 0.2) is 57.9 Å². The average Bonchev–Trinajstić information content (AvgIpc) is 2.64. The predicted octanol–water partition coefficient (Wildman–Crippen LogP) is 3.11. The SMILES string of the molecule is Cc1ccc([C@@H](CNS(=O)(=O)c2ccc(Br)cc2)N2CCOCC2)cc1. The highest BCUT2D eigenvalue weighted by molar-refractivity contribution is 9.10. The quantitative estimate of drug-likeness (QED) is 0.752. The normalized spacial score (nSPS) is 17.2. The summed E-state index contributed by atoms with van der Waals surface area (Å²) < 4.78 is 34.4. The maximum atomic E-state index is 12.6. The van der Waals surface area contributed by atoms with E-state index in [1.807, 2.05) is 6.92 Å². The summed E-state index contributed by atoms with van der Waals surface area (Å²) in [4.78, 5) is 2.54. The summed E-state index contributed by atoms with van der Waals surface area (Å²) in [6.07, 6.45) is 0. The second-order valence-electron chi connectivity index (χ2n) is 6.38. The maximum absolute atomic E-state index is 12.6. The average molecular weight is 439 g/mol. The topological polar surface area (TPSA) is 58.6 Å². The van der Waals surface area contributed by atoms with E-state index in [0.29, 0.717) is 19.8 Å². The summed E-state index contributed by atoms with van der Waals surface area (Å²) in [6, 6.07) is 14.9. The van der Waals surface area contributed by atoms with Crippen LogP contribution in [0.4, 0.5) is 0 Å². The molecule has 5 nitrogen and oxygen atoms in total. The third kappa shape index (κ3) is 4.92. The van der Waals surface area contributed by atoms with Crippen molar-refractivity contribution in [2.24, 2.45) is 0 Å². The molecule has 0 aromatic heterocycles. The number of hydrogen-bond acceptors (Lipinski definition) is 4. The van der Waals surface area contributed by atoms with Crippen LogP contribution >= 0.6 is 15.9 Å². The number of benzene rings is 2. The van der Waals surface area contributed by atoms with Crippen molar-refractivity contribution in [1.82, 2.24) is 9.62 Å². The van der Waals surface area contributed by atoms with Crippen LogP contribution in [-0.4, -0.2) is 46.2 Å². The molecule has 1 N–H and O–H groups in total. The number of rotatable bonds is 6. The van der Waals surface area contributed by atoms with Crippen molar-refractivity contribution in [2.75, 3.05) is 32.8 Å². The van der Waals surface area contributed by atoms with Gasteiger partial charge in [0, 0.05) is 30.1 Å². The molecule has 1 saturated heterocycles. The molecule has 7 heteroatoms. The Bertz CT molecular complexity index is 817. The Labute approximate surface area is 163 Å². The first-order valence-electron chi connectivity index (χ1n) is 8.59. The molecule has 0 aliphatic carbocycles. The number of morpholine rings is 1. The molecular formula is C19H23BrN2O3S. The minimum atomic E-state index is -3.56. The first kappa shape index (κ1) is 19.5. The van der Waals surface area contributed by atoms with Gasteiger partial charge in [-0.15, -0.1) is 0 Å². The minimum absolute atomic E-state index is 0.0234. The van der Waals surface area contributed by atoms with Gasteiger partial charge in [0.05, 0.1) is 18.1 Å². The highest BCUT2D eigenvalue weighted by Gasteiger charge is 2.25. The largest absolute Gasteiger partial charge is 0.379 e. The van der Waals surface area contributed by atoms with E-state index in [-0.39, 0.29) is 10.9 Å². The second-order valence-corrected chi connectivity index (χ2v) is 9.06. The van der Waals surface area contributed by atoms with Crippen molar-refractivity contribution in [3.63, 3.8) is 0 Å². The summed E-state index contributed by atoms with van der Waals surface area (Å²) in [5.41, 5.74) is 2.29. The number of nitrogens with one attached hydrogen (secondary N) is 1. The van der Waals surface area contributed by atoms with Crippen LogP contribution in [-0.2, 0) is 14.8 Å². The molecule has 0 unspecified atom stereocenters. The Kier molecular flexibility index (Phi) is 6.47. The number of sulfonamides is 1. The number of ether oxygens (including phenoxy) is 1. The fourth-order valence-corrected chi connectivity index (χ4v) is 4.32. The number of aryl methyl sites for hydroxylation is 1. The monoisotopic (exact) mass is 438 g/mol. The zero-order chi connectivity index (χ0) is 18.6. The molecule has 0 amide bonds. The lowest BCUT2D eigenvalue weighted by Gasteiger charge is -2.35. The third-order valence-electron chi connectivity index (χ3n) is 4.54. The van der Waals surface area contributed by atoms with Crippen LogP contribution < -0.4 is 4.72 Å². The molecule has 0 spiro atoms. The van der Waals surface area contributed by atoms with E-state index in [2.05, 4.69) is 49.8 Å². The molecule has 3 rings (SSSR count). The zero-order valence-corrected chi connectivity index (χ0v) is 17.1. The summed E-state index contributed by atoms with van der Waals surface area (Å²) in [5.74, 6) is 0. The Hall–Kier alpha value is -1.25. The molecule has 1 atom stereocenters. The van der Waals surface area contributed by atoms with Crippen molar-refractivity contribution in [3.05, 3.63) is 64.1 Å². The maximum Gasteiger partial charge on any atom is 0.240 e. The molecule has 1 fully saturated rings. The van der Waals surface area contributed by atoms with E-state index in [0.717, 1.165) is 23.1 Å². The van der Waals surface area contributed by atoms with E-state index in [9.17, 15) is 8.42 Å². The van der Waals surface area contributed by atoms with E-state index < -0.39 is 10.0 Å². The number of hydrogen-bond donors (Lipinski definition) is 1. The summed E-state index contributed by atoms with van der Waals surface area (Å²) in [6.45, 7) is 5.28. The van der Waals surface area contributed by atoms with Crippen LogP contribution in [0.25, 0.3) is 0 Å². The molecule has 0 bridgehead atoms. The molecule has 1 aliphatic heterocycles. The first-order valence-corrected chi connectivity index (χ1v) is 10.9. The van der Waals surface area contributed by atoms with Crippen molar-refractivity contribution in [1.29, 1.82) is 0 Å². The summed E-state index contributed by atoms with van der Waals surface area (Å²) >= 11 is 3.33. The van der Waals surface area contributed by atoms with Gasteiger partial charge in [-0.3, -0.25) is 4.90 Å². The Morgan fingerprint density at radius 2 is 1.69 bits per heavy atom. The van der Waals surface area contributed by atoms with Gasteiger partial charge in [0.2, 0.25) is 10.0 Å². The standard InChI is InChI=1S/C19H23BrN2O3S/c1-15-2-4-16(5-3-15)19(22-10-12-25-13-11-22)14-21-26(23,24)18-8-6-17(20)7-9-18/h2-9,19,21H,10-14H2,1H3/t19-/m1/s1. The van der Waals surface area contributed by atoms with Gasteiger partial charge in [-0.2, -0.15) is 0 Å². The molecule has 1 heterocycles. The molecule has 0 saturated carbocycles. The van der Waals surface area contributed by atoms with Gasteiger partial charge in [-0.1, -0.05) is 45.8 Å². The number of halogens is 1. The fourth-order valence-electron chi connectivity index (χ4n) is 3.02. The molecule has 0 radical (unpaired) electrons. The molecule has 26 heavy (non-hydrogen) atoms. The molecular weight excluding hydrogens is 416 g/mol. The van der Waals surface area contributed by atoms with Crippen molar-refractivity contribution in [2.45, 2.75) is 17.9 Å². The Balaban J connectivity index is 1.78. The van der Waals surface area contributed by atoms with E-state index >= 15 is 0 Å². The van der Waals surface area contributed by atoms with Crippen molar-refractivity contribution in [3.8, 4) is 0 Å². The van der Waals surface area contributed by atoms with Gasteiger partial charge in [0.15, 0.2) is 0 Å². The Morgan fingerprint density at radius 1 is 1.08 bits per heavy atom. The Morgan fingerprint density at radius 3 is 2.31 bits per heavy atom. The molecule has 2 aromatic rings. The lowest BCUT2D eigenvalue weighted by atomic mass is 10.0. The van der Waals surface area contributed by atoms with Crippen molar-refractivity contribution >= 4 is 26.0 Å². The van der Waals surface area contributed by atoms with E-state index in [1.54, 1.807) is 24.3 Å². The lowest BCUT2D eigenvalue weighted by molar-refractivity contribution is 0.0172. The van der Waals surface area contributed by atoms with Gasteiger partial charge in [-0.25, -0.2) is 13.1 Å². The van der Waals surface area contributed by atoms with Gasteiger partial charge in [-0.05, 0) is 36.8 Å². The smallest absolute Gasteiger partial charge is 0.240 e. The van der Waals surface area contributed by atoms with Crippen LogP contribution in [0.2, 0.25) is 0 Å². The van der Waals surface area contributed by atoms with Gasteiger partial charge in [0.1, 0.15) is 0 Å². The highest BCUT2D eigenvalue weighted by atomic mass is 79.9. The fraction of sp³-hybridized carbons (Fsp3) is 0.368. The summed E-state index contributed by atoms with van der Waals surface area (Å²) in [7, 11) is -3.56. The van der Waals surface area contributed by atoms with Crippen LogP contribution in [0.3, 0.4) is 0 Å². The summed E-state index contributed by atoms with van der Waals surface area (Å²) in [5, 5.41) is 0. The molecule has 1 aliphatic rings. The van der Waals surface area contributed by atoms with Gasteiger partial charge in [0.25, 0.3) is 0 Å². The molecule has 2 aromatic carbocycles. The molecule has 140 valence electrons. The van der Waals surface area contributed by atoms with Crippen LogP contribution in [0, 0.1) is 6.92 Å². The predicted molar refractivity (Wildman–Crippen MR) is 106 cm³/mol. The van der Waals surface area contributed by atoms with Gasteiger partial charge < -0.3 is 4.74 Å². The zero-order valence-electron chi connectivity index (χ0n) is 14.7. The number of nitrogens with zero attached hydrogens (tertiary/aromatic N) is 1. The van der Waals surface area contributed by atoms with E-state index in [4.69, 9.17) is 4.74 Å². The van der Waals surface area contributed by atoms with Crippen LogP contribution in [0.1, 0.15) is 17.2 Å². The minimum Gasteiger partial charge on any atom is -0.379 e.